The molecular weight excluding hydrogens is 114 g/mol. The predicted octanol–water partition coefficient (Wildman–Crippen LogP) is -0.674. The highest BCUT2D eigenvalue weighted by molar-refractivity contribution is 4.34. The first kappa shape index (κ1) is 7.76. The quantitative estimate of drug-likeness (QED) is 0.393. The molecule has 0 bridgehead atoms. The number of nitrogens with zero attached hydrogens (tertiary/aromatic N) is 2. The van der Waals surface area contributed by atoms with Crippen LogP contribution in [0.1, 0.15) is 6.92 Å². The molecule has 0 aliphatic rings. The molecule has 0 fully saturated rings. The Bertz CT molecular complexity index is 58.5. The third-order valence-electron chi connectivity index (χ3n) is 0.400. The maximum atomic E-state index is 9.93. The maximum Gasteiger partial charge on any atom is 0.0661 e. The fraction of sp³-hybridized carbons (Fsp3) is 1.00. The molecular formula is C2H7N3O3-2. The molecule has 0 heterocycles. The summed E-state index contributed by atoms with van der Waals surface area (Å²) < 4.78 is 0. The molecule has 8 heavy (non-hydrogen) atoms. The molecule has 50 valence electrons. The monoisotopic (exact) mass is 121 g/mol. The zero-order valence-electron chi connectivity index (χ0n) is 4.40. The van der Waals surface area contributed by atoms with Crippen LogP contribution in [0, 0.1) is 10.4 Å². The van der Waals surface area contributed by atoms with Crippen LogP contribution in [0.3, 0.4) is 0 Å². The lowest BCUT2D eigenvalue weighted by Crippen LogP contribution is -2.38. The average molecular weight is 121 g/mol. The molecule has 6 heteroatoms. The van der Waals surface area contributed by atoms with Crippen molar-refractivity contribution >= 4 is 0 Å². The summed E-state index contributed by atoms with van der Waals surface area (Å²) in [7, 11) is 0. The minimum absolute atomic E-state index is 0.124. The topological polar surface area (TPSA) is 87.9 Å². The Labute approximate surface area is 46.5 Å². The van der Waals surface area contributed by atoms with Gasteiger partial charge in [0.2, 0.25) is 0 Å². The Hall–Kier alpha value is -0.240. The summed E-state index contributed by atoms with van der Waals surface area (Å²) >= 11 is 0. The fourth-order valence-corrected chi connectivity index (χ4v) is 0.167. The molecule has 0 aliphatic heterocycles. The molecule has 0 rings (SSSR count). The molecule has 0 unspecified atom stereocenters. The van der Waals surface area contributed by atoms with E-state index in [0.29, 0.717) is 0 Å². The second-order valence-corrected chi connectivity index (χ2v) is 0.958. The van der Waals surface area contributed by atoms with E-state index in [0.717, 1.165) is 0 Å². The van der Waals surface area contributed by atoms with Gasteiger partial charge >= 0.3 is 0 Å². The van der Waals surface area contributed by atoms with Crippen molar-refractivity contribution in [2.75, 3.05) is 6.61 Å². The highest BCUT2D eigenvalue weighted by atomic mass is 17.0. The van der Waals surface area contributed by atoms with Gasteiger partial charge in [0.05, 0.1) is 6.61 Å². The number of hydrogen-bond acceptors (Lipinski definition) is 6. The Morgan fingerprint density at radius 2 is 2.12 bits per heavy atom. The minimum atomic E-state index is -0.441. The van der Waals surface area contributed by atoms with E-state index in [-0.39, 0.29) is 11.9 Å². The van der Waals surface area contributed by atoms with Gasteiger partial charge in [-0.15, -0.1) is 0 Å². The van der Waals surface area contributed by atoms with E-state index in [1.165, 1.54) is 0 Å². The lowest BCUT2D eigenvalue weighted by molar-refractivity contribution is -0.229. The van der Waals surface area contributed by atoms with Gasteiger partial charge in [-0.05, 0) is 6.92 Å². The predicted molar refractivity (Wildman–Crippen MR) is 26.2 cm³/mol. The summed E-state index contributed by atoms with van der Waals surface area (Å²) in [6.45, 7) is 1.69. The second-order valence-electron chi connectivity index (χ2n) is 0.958. The van der Waals surface area contributed by atoms with Gasteiger partial charge in [-0.2, -0.15) is 5.34 Å². The van der Waals surface area contributed by atoms with Crippen LogP contribution in [0.5, 0.6) is 0 Å². The van der Waals surface area contributed by atoms with E-state index in [4.69, 9.17) is 0 Å². The molecule has 2 N–H and O–H groups in total. The van der Waals surface area contributed by atoms with E-state index in [1.807, 2.05) is 0 Å². The summed E-state index contributed by atoms with van der Waals surface area (Å²) in [6, 6.07) is 0. The number of nitrogens with two attached hydrogens (primary N) is 1. The lowest BCUT2D eigenvalue weighted by atomic mass is 10.9. The van der Waals surface area contributed by atoms with Crippen LogP contribution in [0.2, 0.25) is 0 Å². The highest BCUT2D eigenvalue weighted by Crippen LogP contribution is 1.85. The van der Waals surface area contributed by atoms with Crippen molar-refractivity contribution in [2.24, 2.45) is 5.84 Å². The van der Waals surface area contributed by atoms with Crippen LogP contribution in [0.25, 0.3) is 0 Å². The van der Waals surface area contributed by atoms with E-state index >= 15 is 0 Å². The van der Waals surface area contributed by atoms with Crippen molar-refractivity contribution in [2.45, 2.75) is 6.92 Å². The van der Waals surface area contributed by atoms with E-state index in [9.17, 15) is 10.4 Å². The van der Waals surface area contributed by atoms with E-state index < -0.39 is 5.28 Å². The van der Waals surface area contributed by atoms with Gasteiger partial charge in [-0.3, -0.25) is 10.7 Å². The standard InChI is InChI=1S/C2H7N3O3/c1-2-8-5(7)4(3)6/h2-3H2,1H3/q-2. The molecule has 0 radical (unpaired) electrons. The Morgan fingerprint density at radius 3 is 2.25 bits per heavy atom. The second kappa shape index (κ2) is 3.72. The summed E-state index contributed by atoms with van der Waals surface area (Å²) in [6.07, 6.45) is 0. The first-order valence-corrected chi connectivity index (χ1v) is 2.00. The average Bonchev–Trinajstić information content (AvgIpc) is 1.67. The van der Waals surface area contributed by atoms with Crippen LogP contribution in [0.4, 0.5) is 0 Å². The van der Waals surface area contributed by atoms with Crippen molar-refractivity contribution in [3.63, 3.8) is 0 Å². The molecule has 0 spiro atoms. The third-order valence-corrected chi connectivity index (χ3v) is 0.400. The SMILES string of the molecule is CCON([O-])N(N)[O-]. The minimum Gasteiger partial charge on any atom is -0.757 e. The van der Waals surface area contributed by atoms with Gasteiger partial charge in [0, 0.05) is 0 Å². The maximum absolute atomic E-state index is 9.93. The van der Waals surface area contributed by atoms with Crippen LogP contribution in [-0.2, 0) is 4.84 Å². The third kappa shape index (κ3) is 2.86. The Morgan fingerprint density at radius 1 is 1.62 bits per heavy atom. The largest absolute Gasteiger partial charge is 0.757 e. The van der Waals surface area contributed by atoms with Crippen molar-refractivity contribution in [1.29, 1.82) is 0 Å². The summed E-state index contributed by atoms with van der Waals surface area (Å²) in [5, 5.41) is 18.9. The summed E-state index contributed by atoms with van der Waals surface area (Å²) in [5.74, 6) is 4.39. The smallest absolute Gasteiger partial charge is 0.0661 e. The summed E-state index contributed by atoms with van der Waals surface area (Å²) in [5.41, 5.74) is 0. The molecule has 0 amide bonds. The zero-order chi connectivity index (χ0) is 6.57. The van der Waals surface area contributed by atoms with Crippen molar-refractivity contribution in [3.8, 4) is 0 Å². The number of hydrogen-bond donors (Lipinski definition) is 1. The van der Waals surface area contributed by atoms with Gasteiger partial charge < -0.3 is 10.4 Å². The molecule has 0 atom stereocenters. The molecule has 6 nitrogen and oxygen atoms in total. The summed E-state index contributed by atoms with van der Waals surface area (Å²) in [4.78, 5) is 4.07. The van der Waals surface area contributed by atoms with Crippen molar-refractivity contribution < 1.29 is 4.84 Å². The van der Waals surface area contributed by atoms with Gasteiger partial charge in [0.1, 0.15) is 0 Å². The van der Waals surface area contributed by atoms with Crippen molar-refractivity contribution in [1.82, 2.24) is 10.6 Å². The molecule has 0 aromatic carbocycles. The Balaban J connectivity index is 3.17. The van der Waals surface area contributed by atoms with Gasteiger partial charge in [0.15, 0.2) is 0 Å². The van der Waals surface area contributed by atoms with Gasteiger partial charge in [-0.1, -0.05) is 0 Å². The zero-order valence-corrected chi connectivity index (χ0v) is 4.40. The molecule has 0 saturated heterocycles. The van der Waals surface area contributed by atoms with Crippen LogP contribution in [0.15, 0.2) is 0 Å². The molecule has 0 aromatic rings. The normalized spacial score (nSPS) is 11.2. The van der Waals surface area contributed by atoms with E-state index in [1.54, 1.807) is 6.92 Å². The Kier molecular flexibility index (Phi) is 3.61. The molecule has 0 saturated carbocycles. The first-order chi connectivity index (χ1) is 3.68. The fourth-order valence-electron chi connectivity index (χ4n) is 0.167. The number of hydrazine groups is 2. The van der Waals surface area contributed by atoms with Crippen molar-refractivity contribution in [3.05, 3.63) is 10.4 Å². The molecule has 0 aromatic heterocycles. The first-order valence-electron chi connectivity index (χ1n) is 2.00. The lowest BCUT2D eigenvalue weighted by Gasteiger charge is -2.38. The van der Waals surface area contributed by atoms with Crippen LogP contribution in [-0.4, -0.2) is 17.2 Å². The molecule has 0 aliphatic carbocycles. The van der Waals surface area contributed by atoms with Gasteiger partial charge in [-0.25, -0.2) is 5.28 Å². The van der Waals surface area contributed by atoms with E-state index in [2.05, 4.69) is 10.7 Å². The van der Waals surface area contributed by atoms with Crippen LogP contribution < -0.4 is 5.84 Å². The highest BCUT2D eigenvalue weighted by Gasteiger charge is 1.82. The van der Waals surface area contributed by atoms with Gasteiger partial charge in [0.25, 0.3) is 0 Å². The van der Waals surface area contributed by atoms with Crippen LogP contribution >= 0.6 is 0 Å². The number of rotatable bonds is 3.